The second-order valence-corrected chi connectivity index (χ2v) is 7.57. The van der Waals surface area contributed by atoms with Crippen LogP contribution < -0.4 is 10.9 Å². The molecule has 0 aliphatic carbocycles. The van der Waals surface area contributed by atoms with Gasteiger partial charge in [0, 0.05) is 25.9 Å². The van der Waals surface area contributed by atoms with Crippen molar-refractivity contribution in [3.05, 3.63) is 52.7 Å². The molecule has 0 saturated carbocycles. The van der Waals surface area contributed by atoms with Crippen LogP contribution >= 0.6 is 0 Å². The van der Waals surface area contributed by atoms with Gasteiger partial charge in [-0.25, -0.2) is 23.8 Å². The Balaban J connectivity index is 1.86. The molecule has 10 heteroatoms. The molecule has 1 N–H and O–H groups in total. The minimum atomic E-state index is -0.741. The summed E-state index contributed by atoms with van der Waals surface area (Å²) in [6.07, 6.45) is 2.79. The largest absolute Gasteiger partial charge is 0.467 e. The van der Waals surface area contributed by atoms with E-state index in [2.05, 4.69) is 15.3 Å². The molecule has 9 nitrogen and oxygen atoms in total. The molecule has 0 radical (unpaired) electrons. The third kappa shape index (κ3) is 4.51. The number of rotatable bonds is 8. The van der Waals surface area contributed by atoms with Gasteiger partial charge in [0.25, 0.3) is 5.56 Å². The van der Waals surface area contributed by atoms with Crippen LogP contribution in [0.25, 0.3) is 22.5 Å². The Hall–Kier alpha value is -3.53. The number of hydrogen-bond acceptors (Lipinski definition) is 7. The minimum Gasteiger partial charge on any atom is -0.467 e. The van der Waals surface area contributed by atoms with Gasteiger partial charge in [-0.05, 0) is 43.5 Å². The summed E-state index contributed by atoms with van der Waals surface area (Å²) in [5.74, 6) is -0.487. The number of aromatic nitrogens is 4. The van der Waals surface area contributed by atoms with E-state index in [0.29, 0.717) is 67.6 Å². The highest BCUT2D eigenvalue weighted by molar-refractivity contribution is 5.81. The molecule has 33 heavy (non-hydrogen) atoms. The number of methoxy groups -OCH3 is 1. The normalized spacial score (nSPS) is 15.2. The number of hydrogen-bond donors (Lipinski definition) is 1. The molecule has 1 unspecified atom stereocenters. The number of nitrogens with zero attached hydrogens (tertiary/aromatic N) is 4. The van der Waals surface area contributed by atoms with Gasteiger partial charge in [0.05, 0.1) is 30.7 Å². The lowest BCUT2D eigenvalue weighted by Crippen LogP contribution is -2.37. The monoisotopic (exact) mass is 455 g/mol. The summed E-state index contributed by atoms with van der Waals surface area (Å²) < 4.78 is 27.1. The summed E-state index contributed by atoms with van der Waals surface area (Å²) in [6, 6.07) is 6.69. The SMILES string of the molecule is CCOCCNc1nccc(-c2c(-c3ccc(F)cc3)c(=O)n3n2CCCC3C(=O)OC)n1. The number of fused-ring (bicyclic) bond motifs is 1. The predicted octanol–water partition coefficient (Wildman–Crippen LogP) is 2.87. The maximum absolute atomic E-state index is 13.6. The lowest BCUT2D eigenvalue weighted by atomic mass is 10.0. The van der Waals surface area contributed by atoms with Crippen LogP contribution in [0.3, 0.4) is 0 Å². The van der Waals surface area contributed by atoms with Crippen molar-refractivity contribution in [1.29, 1.82) is 0 Å². The van der Waals surface area contributed by atoms with E-state index >= 15 is 0 Å². The van der Waals surface area contributed by atoms with Crippen molar-refractivity contribution in [2.45, 2.75) is 32.4 Å². The highest BCUT2D eigenvalue weighted by Crippen LogP contribution is 2.34. The smallest absolute Gasteiger partial charge is 0.330 e. The number of nitrogens with one attached hydrogen (secondary N) is 1. The topological polar surface area (TPSA) is 100 Å². The Morgan fingerprint density at radius 3 is 2.79 bits per heavy atom. The van der Waals surface area contributed by atoms with Crippen LogP contribution in [0.5, 0.6) is 0 Å². The molecule has 0 spiro atoms. The molecule has 174 valence electrons. The molecule has 0 amide bonds. The lowest BCUT2D eigenvalue weighted by Gasteiger charge is -2.26. The van der Waals surface area contributed by atoms with Gasteiger partial charge in [0.15, 0.2) is 6.04 Å². The third-order valence-electron chi connectivity index (χ3n) is 5.56. The van der Waals surface area contributed by atoms with Crippen molar-refractivity contribution in [3.8, 4) is 22.5 Å². The average Bonchev–Trinajstić information content (AvgIpc) is 3.14. The maximum atomic E-state index is 13.6. The Morgan fingerprint density at radius 1 is 1.27 bits per heavy atom. The minimum absolute atomic E-state index is 0.351. The summed E-state index contributed by atoms with van der Waals surface area (Å²) >= 11 is 0. The molecule has 0 fully saturated rings. The molecule has 2 aromatic heterocycles. The first kappa shape index (κ1) is 22.7. The lowest BCUT2D eigenvalue weighted by molar-refractivity contribution is -0.146. The molecule has 1 aliphatic heterocycles. The van der Waals surface area contributed by atoms with Crippen molar-refractivity contribution in [2.75, 3.05) is 32.2 Å². The second kappa shape index (κ2) is 9.95. The summed E-state index contributed by atoms with van der Waals surface area (Å²) in [7, 11) is 1.31. The zero-order valence-corrected chi connectivity index (χ0v) is 18.6. The predicted molar refractivity (Wildman–Crippen MR) is 120 cm³/mol. The molecule has 1 aromatic carbocycles. The molecule has 3 heterocycles. The fourth-order valence-electron chi connectivity index (χ4n) is 4.09. The second-order valence-electron chi connectivity index (χ2n) is 7.57. The Kier molecular flexibility index (Phi) is 6.83. The maximum Gasteiger partial charge on any atom is 0.330 e. The number of ether oxygens (including phenoxy) is 2. The molecule has 1 aliphatic rings. The highest BCUT2D eigenvalue weighted by Gasteiger charge is 2.34. The number of esters is 1. The van der Waals surface area contributed by atoms with E-state index in [1.54, 1.807) is 29.1 Å². The quantitative estimate of drug-likeness (QED) is 0.412. The van der Waals surface area contributed by atoms with E-state index in [0.717, 1.165) is 0 Å². The van der Waals surface area contributed by atoms with Gasteiger partial charge in [-0.3, -0.25) is 9.48 Å². The first-order valence-corrected chi connectivity index (χ1v) is 10.9. The first-order chi connectivity index (χ1) is 16.0. The Morgan fingerprint density at radius 2 is 2.06 bits per heavy atom. The summed E-state index contributed by atoms with van der Waals surface area (Å²) in [4.78, 5) is 34.9. The van der Waals surface area contributed by atoms with Crippen molar-refractivity contribution < 1.29 is 18.7 Å². The standard InChI is InChI=1S/C23H26FN5O4/c1-3-33-14-12-26-23-25-11-10-17(27-23)20-19(15-6-8-16(24)9-7-15)21(30)29-18(22(31)32-2)5-4-13-28(20)29/h6-11,18H,3-5,12-14H2,1-2H3,(H,25,26,27). The number of carbonyl (C=O) groups is 1. The van der Waals surface area contributed by atoms with Gasteiger partial charge >= 0.3 is 5.97 Å². The molecular formula is C23H26FN5O4. The van der Waals surface area contributed by atoms with E-state index < -0.39 is 17.8 Å². The zero-order valence-electron chi connectivity index (χ0n) is 18.6. The fraction of sp³-hybridized carbons (Fsp3) is 0.391. The van der Waals surface area contributed by atoms with Crippen LogP contribution in [0.4, 0.5) is 10.3 Å². The molecule has 4 rings (SSSR count). The third-order valence-corrected chi connectivity index (χ3v) is 5.56. The first-order valence-electron chi connectivity index (χ1n) is 10.9. The molecule has 0 saturated heterocycles. The molecule has 3 aromatic rings. The van der Waals surface area contributed by atoms with Gasteiger partial charge in [-0.2, -0.15) is 0 Å². The van der Waals surface area contributed by atoms with Gasteiger partial charge in [0.1, 0.15) is 5.82 Å². The van der Waals surface area contributed by atoms with Crippen LogP contribution in [0.15, 0.2) is 41.3 Å². The molecular weight excluding hydrogens is 429 g/mol. The van der Waals surface area contributed by atoms with Crippen molar-refractivity contribution in [1.82, 2.24) is 19.3 Å². The van der Waals surface area contributed by atoms with Crippen LogP contribution in [-0.2, 0) is 20.8 Å². The Bertz CT molecular complexity index is 1190. The van der Waals surface area contributed by atoms with Crippen LogP contribution in [-0.4, -0.2) is 52.2 Å². The summed E-state index contributed by atoms with van der Waals surface area (Å²) in [5, 5.41) is 3.11. The van der Waals surface area contributed by atoms with Crippen LogP contribution in [0, 0.1) is 5.82 Å². The Labute approximate surface area is 190 Å². The van der Waals surface area contributed by atoms with Crippen LogP contribution in [0.2, 0.25) is 0 Å². The van der Waals surface area contributed by atoms with E-state index in [1.807, 2.05) is 6.92 Å². The van der Waals surface area contributed by atoms with Crippen molar-refractivity contribution in [3.63, 3.8) is 0 Å². The molecule has 0 bridgehead atoms. The van der Waals surface area contributed by atoms with Crippen LogP contribution in [0.1, 0.15) is 25.8 Å². The zero-order chi connectivity index (χ0) is 23.4. The number of anilines is 1. The summed E-state index contributed by atoms with van der Waals surface area (Å²) in [5.41, 5.74) is 1.61. The van der Waals surface area contributed by atoms with Gasteiger partial charge in [-0.1, -0.05) is 12.1 Å². The fourth-order valence-corrected chi connectivity index (χ4v) is 4.09. The number of benzene rings is 1. The van der Waals surface area contributed by atoms with Gasteiger partial charge in [0.2, 0.25) is 5.95 Å². The van der Waals surface area contributed by atoms with E-state index in [9.17, 15) is 14.0 Å². The van der Waals surface area contributed by atoms with E-state index in [4.69, 9.17) is 9.47 Å². The number of halogens is 1. The van der Waals surface area contributed by atoms with Gasteiger partial charge in [-0.15, -0.1) is 0 Å². The number of carbonyl (C=O) groups excluding carboxylic acids is 1. The highest BCUT2D eigenvalue weighted by atomic mass is 19.1. The molecule has 1 atom stereocenters. The van der Waals surface area contributed by atoms with E-state index in [1.165, 1.54) is 23.9 Å². The average molecular weight is 455 g/mol. The summed E-state index contributed by atoms with van der Waals surface area (Å²) in [6.45, 7) is 4.10. The van der Waals surface area contributed by atoms with Gasteiger partial charge < -0.3 is 14.8 Å². The van der Waals surface area contributed by atoms with Crippen molar-refractivity contribution >= 4 is 11.9 Å². The van der Waals surface area contributed by atoms with Crippen molar-refractivity contribution in [2.24, 2.45) is 0 Å². The van der Waals surface area contributed by atoms with E-state index in [-0.39, 0.29) is 5.56 Å².